The van der Waals surface area contributed by atoms with Crippen LogP contribution in [0.1, 0.15) is 32.3 Å². The number of benzene rings is 1. The van der Waals surface area contributed by atoms with E-state index in [-0.39, 0.29) is 0 Å². The third-order valence-corrected chi connectivity index (χ3v) is 3.85. The van der Waals surface area contributed by atoms with Gasteiger partial charge in [0.05, 0.1) is 6.54 Å². The van der Waals surface area contributed by atoms with Crippen molar-refractivity contribution in [2.45, 2.75) is 33.1 Å². The zero-order valence-electron chi connectivity index (χ0n) is 11.5. The molecule has 1 aliphatic rings. The molecule has 1 fully saturated rings. The third kappa shape index (κ3) is 3.95. The third-order valence-electron chi connectivity index (χ3n) is 3.85. The first-order valence-electron chi connectivity index (χ1n) is 6.83. The second kappa shape index (κ2) is 5.66. The standard InChI is InChI=1S/C16H23NO/c1-16(2)8-10-17(11-9-16)13-15(18)12-14-6-4-3-5-7-14/h3-7H,8-13H2,1-2H3. The lowest BCUT2D eigenvalue weighted by atomic mass is 9.82. The number of hydrogen-bond donors (Lipinski definition) is 0. The van der Waals surface area contributed by atoms with Gasteiger partial charge in [-0.3, -0.25) is 9.69 Å². The van der Waals surface area contributed by atoms with Gasteiger partial charge in [-0.05, 0) is 36.9 Å². The van der Waals surface area contributed by atoms with Crippen molar-refractivity contribution in [3.63, 3.8) is 0 Å². The Bertz CT molecular complexity index is 387. The van der Waals surface area contributed by atoms with Gasteiger partial charge in [-0.25, -0.2) is 0 Å². The van der Waals surface area contributed by atoms with E-state index in [0.29, 0.717) is 24.2 Å². The molecular formula is C16H23NO. The summed E-state index contributed by atoms with van der Waals surface area (Å²) in [5, 5.41) is 0. The molecule has 1 aliphatic heterocycles. The second-order valence-corrected chi connectivity index (χ2v) is 6.14. The molecule has 1 aromatic carbocycles. The zero-order chi connectivity index (χ0) is 13.0. The largest absolute Gasteiger partial charge is 0.298 e. The fraction of sp³-hybridized carbons (Fsp3) is 0.562. The molecule has 0 bridgehead atoms. The lowest BCUT2D eigenvalue weighted by Crippen LogP contribution is -2.40. The summed E-state index contributed by atoms with van der Waals surface area (Å²) in [6, 6.07) is 10.0. The molecule has 1 saturated heterocycles. The molecule has 0 aromatic heterocycles. The van der Waals surface area contributed by atoms with Gasteiger partial charge in [0.2, 0.25) is 0 Å². The molecule has 18 heavy (non-hydrogen) atoms. The first-order chi connectivity index (χ1) is 8.55. The molecular weight excluding hydrogens is 222 g/mol. The minimum absolute atomic E-state index is 0.334. The van der Waals surface area contributed by atoms with E-state index >= 15 is 0 Å². The average Bonchev–Trinajstić information content (AvgIpc) is 2.33. The van der Waals surface area contributed by atoms with Crippen LogP contribution in [0.15, 0.2) is 30.3 Å². The molecule has 0 aliphatic carbocycles. The van der Waals surface area contributed by atoms with E-state index in [9.17, 15) is 4.79 Å². The van der Waals surface area contributed by atoms with Gasteiger partial charge in [-0.1, -0.05) is 44.2 Å². The topological polar surface area (TPSA) is 20.3 Å². The molecule has 1 heterocycles. The molecule has 0 N–H and O–H groups in total. The normalized spacial score (nSPS) is 19.7. The van der Waals surface area contributed by atoms with Crippen LogP contribution in [0.5, 0.6) is 0 Å². The molecule has 2 rings (SSSR count). The predicted octanol–water partition coefficient (Wildman–Crippen LogP) is 2.92. The SMILES string of the molecule is CC1(C)CCN(CC(=O)Cc2ccccc2)CC1. The Hall–Kier alpha value is -1.15. The summed E-state index contributed by atoms with van der Waals surface area (Å²) in [5.41, 5.74) is 1.58. The fourth-order valence-electron chi connectivity index (χ4n) is 2.45. The van der Waals surface area contributed by atoms with Crippen LogP contribution < -0.4 is 0 Å². The minimum atomic E-state index is 0.334. The Morgan fingerprint density at radius 1 is 1.17 bits per heavy atom. The van der Waals surface area contributed by atoms with Crippen LogP contribution in [0.4, 0.5) is 0 Å². The lowest BCUT2D eigenvalue weighted by Gasteiger charge is -2.36. The van der Waals surface area contributed by atoms with E-state index in [4.69, 9.17) is 0 Å². The molecule has 0 spiro atoms. The summed E-state index contributed by atoms with van der Waals surface area (Å²) in [5.74, 6) is 0.334. The highest BCUT2D eigenvalue weighted by atomic mass is 16.1. The number of hydrogen-bond acceptors (Lipinski definition) is 2. The lowest BCUT2D eigenvalue weighted by molar-refractivity contribution is -0.120. The number of likely N-dealkylation sites (tertiary alicyclic amines) is 1. The molecule has 0 saturated carbocycles. The highest BCUT2D eigenvalue weighted by Gasteiger charge is 2.25. The Kier molecular flexibility index (Phi) is 4.18. The Morgan fingerprint density at radius 2 is 1.78 bits per heavy atom. The minimum Gasteiger partial charge on any atom is -0.298 e. The first-order valence-corrected chi connectivity index (χ1v) is 6.83. The molecule has 0 atom stereocenters. The van der Waals surface area contributed by atoms with Gasteiger partial charge in [0.15, 0.2) is 5.78 Å². The van der Waals surface area contributed by atoms with Gasteiger partial charge in [0.25, 0.3) is 0 Å². The molecule has 0 amide bonds. The number of piperidine rings is 1. The summed E-state index contributed by atoms with van der Waals surface area (Å²) in [6.07, 6.45) is 2.97. The van der Waals surface area contributed by atoms with E-state index in [1.54, 1.807) is 0 Å². The van der Waals surface area contributed by atoms with Crippen molar-refractivity contribution < 1.29 is 4.79 Å². The van der Waals surface area contributed by atoms with Crippen LogP contribution >= 0.6 is 0 Å². The zero-order valence-corrected chi connectivity index (χ0v) is 11.5. The Balaban J connectivity index is 1.79. The van der Waals surface area contributed by atoms with Crippen LogP contribution in [0, 0.1) is 5.41 Å². The van der Waals surface area contributed by atoms with E-state index in [0.717, 1.165) is 18.7 Å². The van der Waals surface area contributed by atoms with Crippen molar-refractivity contribution in [3.8, 4) is 0 Å². The maximum atomic E-state index is 12.0. The van der Waals surface area contributed by atoms with Crippen molar-refractivity contribution in [1.29, 1.82) is 0 Å². The van der Waals surface area contributed by atoms with Gasteiger partial charge in [-0.15, -0.1) is 0 Å². The number of Topliss-reactive ketones (excluding diaryl/α,β-unsaturated/α-hetero) is 1. The van der Waals surface area contributed by atoms with Gasteiger partial charge >= 0.3 is 0 Å². The number of carbonyl (C=O) groups excluding carboxylic acids is 1. The van der Waals surface area contributed by atoms with E-state index in [1.165, 1.54) is 12.8 Å². The van der Waals surface area contributed by atoms with Crippen LogP contribution in [0.25, 0.3) is 0 Å². The van der Waals surface area contributed by atoms with E-state index < -0.39 is 0 Å². The maximum Gasteiger partial charge on any atom is 0.151 e. The predicted molar refractivity (Wildman–Crippen MR) is 74.6 cm³/mol. The summed E-state index contributed by atoms with van der Waals surface area (Å²) < 4.78 is 0. The Morgan fingerprint density at radius 3 is 2.39 bits per heavy atom. The molecule has 2 heteroatoms. The first kappa shape index (κ1) is 13.3. The summed E-state index contributed by atoms with van der Waals surface area (Å²) in [7, 11) is 0. The van der Waals surface area contributed by atoms with Crippen molar-refractivity contribution in [1.82, 2.24) is 4.90 Å². The molecule has 1 aromatic rings. The average molecular weight is 245 g/mol. The van der Waals surface area contributed by atoms with Gasteiger partial charge in [-0.2, -0.15) is 0 Å². The smallest absolute Gasteiger partial charge is 0.151 e. The monoisotopic (exact) mass is 245 g/mol. The summed E-state index contributed by atoms with van der Waals surface area (Å²) in [4.78, 5) is 14.3. The van der Waals surface area contributed by atoms with Gasteiger partial charge in [0, 0.05) is 6.42 Å². The van der Waals surface area contributed by atoms with Crippen LogP contribution in [-0.2, 0) is 11.2 Å². The number of nitrogens with zero attached hydrogens (tertiary/aromatic N) is 1. The fourth-order valence-corrected chi connectivity index (χ4v) is 2.45. The van der Waals surface area contributed by atoms with Crippen LogP contribution in [-0.4, -0.2) is 30.3 Å². The molecule has 0 radical (unpaired) electrons. The summed E-state index contributed by atoms with van der Waals surface area (Å²) in [6.45, 7) is 7.37. The highest BCUT2D eigenvalue weighted by molar-refractivity contribution is 5.82. The summed E-state index contributed by atoms with van der Waals surface area (Å²) >= 11 is 0. The van der Waals surface area contributed by atoms with Gasteiger partial charge in [0.1, 0.15) is 0 Å². The van der Waals surface area contributed by atoms with Crippen LogP contribution in [0.2, 0.25) is 0 Å². The van der Waals surface area contributed by atoms with E-state index in [1.807, 2.05) is 30.3 Å². The molecule has 2 nitrogen and oxygen atoms in total. The van der Waals surface area contributed by atoms with Crippen molar-refractivity contribution >= 4 is 5.78 Å². The highest BCUT2D eigenvalue weighted by Crippen LogP contribution is 2.29. The number of ketones is 1. The molecule has 0 unspecified atom stereocenters. The Labute approximate surface area is 110 Å². The number of carbonyl (C=O) groups is 1. The molecule has 98 valence electrons. The quantitative estimate of drug-likeness (QED) is 0.813. The van der Waals surface area contributed by atoms with Crippen LogP contribution in [0.3, 0.4) is 0 Å². The maximum absolute atomic E-state index is 12.0. The van der Waals surface area contributed by atoms with Crippen molar-refractivity contribution in [2.75, 3.05) is 19.6 Å². The number of rotatable bonds is 4. The van der Waals surface area contributed by atoms with Crippen molar-refractivity contribution in [2.24, 2.45) is 5.41 Å². The second-order valence-electron chi connectivity index (χ2n) is 6.14. The van der Waals surface area contributed by atoms with Crippen molar-refractivity contribution in [3.05, 3.63) is 35.9 Å². The van der Waals surface area contributed by atoms with Gasteiger partial charge < -0.3 is 0 Å². The van der Waals surface area contributed by atoms with E-state index in [2.05, 4.69) is 18.7 Å².